The smallest absolute Gasteiger partial charge is 0.254 e. The third-order valence-corrected chi connectivity index (χ3v) is 5.40. The van der Waals surface area contributed by atoms with Gasteiger partial charge in [0, 0.05) is 36.9 Å². The first-order chi connectivity index (χ1) is 13.4. The van der Waals surface area contributed by atoms with Crippen LogP contribution in [0.4, 0.5) is 0 Å². The van der Waals surface area contributed by atoms with Gasteiger partial charge in [0.1, 0.15) is 5.75 Å². The quantitative estimate of drug-likeness (QED) is 0.650. The number of aryl methyl sites for hydroxylation is 1. The lowest BCUT2D eigenvalue weighted by molar-refractivity contribution is 0.0685. The number of aromatic amines is 1. The van der Waals surface area contributed by atoms with E-state index in [1.165, 1.54) is 0 Å². The lowest BCUT2D eigenvalue weighted by Gasteiger charge is -2.36. The second-order valence-electron chi connectivity index (χ2n) is 7.70. The molecule has 1 amide bonds. The van der Waals surface area contributed by atoms with E-state index >= 15 is 0 Å². The second kappa shape index (κ2) is 7.24. The molecule has 1 aromatic carbocycles. The van der Waals surface area contributed by atoms with Crippen LogP contribution >= 0.6 is 0 Å². The van der Waals surface area contributed by atoms with Crippen LogP contribution in [0.1, 0.15) is 29.9 Å². The lowest BCUT2D eigenvalue weighted by atomic mass is 10.00. The van der Waals surface area contributed by atoms with Gasteiger partial charge in [-0.3, -0.25) is 9.89 Å². The summed E-state index contributed by atoms with van der Waals surface area (Å²) in [5.74, 6) is 0.651. The molecule has 1 unspecified atom stereocenters. The first kappa shape index (κ1) is 18.4. The molecular formula is C21H25N5O2. The molecule has 146 valence electrons. The predicted molar refractivity (Wildman–Crippen MR) is 108 cm³/mol. The zero-order chi connectivity index (χ0) is 19.8. The minimum absolute atomic E-state index is 0.00378. The molecule has 1 aliphatic heterocycles. The van der Waals surface area contributed by atoms with E-state index in [1.54, 1.807) is 24.3 Å². The van der Waals surface area contributed by atoms with E-state index < -0.39 is 0 Å². The van der Waals surface area contributed by atoms with E-state index in [-0.39, 0.29) is 17.7 Å². The van der Waals surface area contributed by atoms with Crippen molar-refractivity contribution in [3.63, 3.8) is 0 Å². The average Bonchev–Trinajstić information content (AvgIpc) is 3.08. The van der Waals surface area contributed by atoms with Gasteiger partial charge in [0.2, 0.25) is 0 Å². The van der Waals surface area contributed by atoms with Crippen LogP contribution in [0, 0.1) is 12.8 Å². The van der Waals surface area contributed by atoms with Crippen molar-refractivity contribution in [2.75, 3.05) is 19.6 Å². The zero-order valence-electron chi connectivity index (χ0n) is 16.4. The van der Waals surface area contributed by atoms with Crippen LogP contribution in [-0.2, 0) is 0 Å². The highest BCUT2D eigenvalue weighted by Crippen LogP contribution is 2.28. The Morgan fingerprint density at radius 1 is 1.29 bits per heavy atom. The molecule has 4 rings (SSSR count). The van der Waals surface area contributed by atoms with Gasteiger partial charge in [-0.2, -0.15) is 5.10 Å². The van der Waals surface area contributed by atoms with Crippen molar-refractivity contribution >= 4 is 16.9 Å². The highest BCUT2D eigenvalue weighted by Gasteiger charge is 2.28. The van der Waals surface area contributed by atoms with E-state index in [9.17, 15) is 9.90 Å². The van der Waals surface area contributed by atoms with Crippen LogP contribution in [0.2, 0.25) is 0 Å². The fourth-order valence-electron chi connectivity index (χ4n) is 3.70. The van der Waals surface area contributed by atoms with Gasteiger partial charge in [-0.05, 0) is 43.2 Å². The van der Waals surface area contributed by atoms with Crippen molar-refractivity contribution in [1.29, 1.82) is 0 Å². The monoisotopic (exact) mass is 379 g/mol. The molecule has 0 bridgehead atoms. The molecule has 1 atom stereocenters. The molecule has 0 aliphatic carbocycles. The SMILES string of the molecule is Cc1[nH]nc2nc(-c3ccc(O)cc3)cc(C(=O)N3CCNC(C(C)C)C3)c12. The van der Waals surface area contributed by atoms with E-state index in [0.29, 0.717) is 35.9 Å². The Morgan fingerprint density at radius 3 is 2.75 bits per heavy atom. The number of pyridine rings is 1. The molecule has 1 saturated heterocycles. The predicted octanol–water partition coefficient (Wildman–Crippen LogP) is 2.71. The maximum atomic E-state index is 13.5. The molecule has 3 N–H and O–H groups in total. The minimum atomic E-state index is 0.00378. The number of nitrogens with one attached hydrogen (secondary N) is 2. The van der Waals surface area contributed by atoms with Crippen molar-refractivity contribution in [3.8, 4) is 17.0 Å². The van der Waals surface area contributed by atoms with E-state index in [4.69, 9.17) is 0 Å². The zero-order valence-corrected chi connectivity index (χ0v) is 16.4. The molecule has 0 spiro atoms. The Labute approximate surface area is 163 Å². The molecule has 0 saturated carbocycles. The lowest BCUT2D eigenvalue weighted by Crippen LogP contribution is -2.54. The van der Waals surface area contributed by atoms with E-state index in [0.717, 1.165) is 23.2 Å². The summed E-state index contributed by atoms with van der Waals surface area (Å²) in [4.78, 5) is 20.0. The summed E-state index contributed by atoms with van der Waals surface area (Å²) in [6.07, 6.45) is 0. The number of piperazine rings is 1. The van der Waals surface area contributed by atoms with Gasteiger partial charge >= 0.3 is 0 Å². The van der Waals surface area contributed by atoms with Crippen molar-refractivity contribution < 1.29 is 9.90 Å². The Hall–Kier alpha value is -2.93. The minimum Gasteiger partial charge on any atom is -0.508 e. The fourth-order valence-corrected chi connectivity index (χ4v) is 3.70. The second-order valence-corrected chi connectivity index (χ2v) is 7.70. The Morgan fingerprint density at radius 2 is 2.04 bits per heavy atom. The number of phenolic OH excluding ortho intramolecular Hbond substituents is 1. The molecule has 3 heterocycles. The Bertz CT molecular complexity index is 1010. The number of aromatic nitrogens is 3. The summed E-state index contributed by atoms with van der Waals surface area (Å²) in [6.45, 7) is 8.39. The number of hydrogen-bond donors (Lipinski definition) is 3. The first-order valence-electron chi connectivity index (χ1n) is 9.62. The summed E-state index contributed by atoms with van der Waals surface area (Å²) in [6, 6.07) is 8.93. The van der Waals surface area contributed by atoms with Crippen molar-refractivity contribution in [2.24, 2.45) is 5.92 Å². The maximum Gasteiger partial charge on any atom is 0.254 e. The first-order valence-corrected chi connectivity index (χ1v) is 9.62. The number of nitrogens with zero attached hydrogens (tertiary/aromatic N) is 3. The molecule has 1 fully saturated rings. The van der Waals surface area contributed by atoms with Crippen LogP contribution in [0.5, 0.6) is 5.75 Å². The molecule has 1 aliphatic rings. The Balaban J connectivity index is 1.77. The standard InChI is InChI=1S/C21H25N5O2/c1-12(2)18-11-26(9-8-22-18)21(28)16-10-17(14-4-6-15(27)7-5-14)23-20-19(16)13(3)24-25-20/h4-7,10,12,18,22,27H,8-9,11H2,1-3H3,(H,23,24,25). The number of aromatic hydroxyl groups is 1. The molecule has 3 aromatic rings. The molecule has 7 heteroatoms. The Kier molecular flexibility index (Phi) is 4.77. The third kappa shape index (κ3) is 3.33. The summed E-state index contributed by atoms with van der Waals surface area (Å²) < 4.78 is 0. The van der Waals surface area contributed by atoms with Gasteiger partial charge in [-0.1, -0.05) is 13.8 Å². The summed E-state index contributed by atoms with van der Waals surface area (Å²) in [7, 11) is 0. The number of fused-ring (bicyclic) bond motifs is 1. The molecule has 0 radical (unpaired) electrons. The molecule has 7 nitrogen and oxygen atoms in total. The number of hydrogen-bond acceptors (Lipinski definition) is 5. The molecule has 28 heavy (non-hydrogen) atoms. The van der Waals surface area contributed by atoms with Crippen LogP contribution in [0.15, 0.2) is 30.3 Å². The number of benzene rings is 1. The fraction of sp³-hybridized carbons (Fsp3) is 0.381. The highest BCUT2D eigenvalue weighted by molar-refractivity contribution is 6.07. The largest absolute Gasteiger partial charge is 0.508 e. The van der Waals surface area contributed by atoms with Gasteiger partial charge < -0.3 is 15.3 Å². The van der Waals surface area contributed by atoms with Crippen LogP contribution < -0.4 is 5.32 Å². The number of phenols is 1. The summed E-state index contributed by atoms with van der Waals surface area (Å²) >= 11 is 0. The van der Waals surface area contributed by atoms with E-state index in [1.807, 2.05) is 17.9 Å². The van der Waals surface area contributed by atoms with Gasteiger partial charge in [0.15, 0.2) is 5.65 Å². The number of carbonyl (C=O) groups is 1. The molecular weight excluding hydrogens is 354 g/mol. The van der Waals surface area contributed by atoms with Gasteiger partial charge in [0.25, 0.3) is 5.91 Å². The number of rotatable bonds is 3. The normalized spacial score (nSPS) is 17.4. The van der Waals surface area contributed by atoms with Crippen LogP contribution in [0.25, 0.3) is 22.3 Å². The van der Waals surface area contributed by atoms with Crippen molar-refractivity contribution in [2.45, 2.75) is 26.8 Å². The van der Waals surface area contributed by atoms with Crippen molar-refractivity contribution in [3.05, 3.63) is 41.6 Å². The third-order valence-electron chi connectivity index (χ3n) is 5.40. The summed E-state index contributed by atoms with van der Waals surface area (Å²) in [5, 5.41) is 21.1. The number of carbonyl (C=O) groups excluding carboxylic acids is 1. The van der Waals surface area contributed by atoms with Crippen molar-refractivity contribution in [1.82, 2.24) is 25.4 Å². The molecule has 2 aromatic heterocycles. The number of H-pyrrole nitrogens is 1. The topological polar surface area (TPSA) is 94.1 Å². The van der Waals surface area contributed by atoms with Crippen LogP contribution in [0.3, 0.4) is 0 Å². The average molecular weight is 379 g/mol. The highest BCUT2D eigenvalue weighted by atomic mass is 16.3. The van der Waals surface area contributed by atoms with Crippen LogP contribution in [-0.4, -0.2) is 56.8 Å². The maximum absolute atomic E-state index is 13.5. The summed E-state index contributed by atoms with van der Waals surface area (Å²) in [5.41, 5.74) is 3.47. The van der Waals surface area contributed by atoms with E-state index in [2.05, 4.69) is 34.3 Å². The number of amides is 1. The van der Waals surface area contributed by atoms with Gasteiger partial charge in [-0.15, -0.1) is 0 Å². The van der Waals surface area contributed by atoms with Gasteiger partial charge in [0.05, 0.1) is 16.6 Å². The van der Waals surface area contributed by atoms with Gasteiger partial charge in [-0.25, -0.2) is 4.98 Å².